The predicted molar refractivity (Wildman–Crippen MR) is 112 cm³/mol. The van der Waals surface area contributed by atoms with Gasteiger partial charge in [0.05, 0.1) is 5.69 Å². The molecule has 0 aliphatic heterocycles. The van der Waals surface area contributed by atoms with Crippen LogP contribution in [0.5, 0.6) is 5.75 Å². The fourth-order valence-corrected chi connectivity index (χ4v) is 3.37. The van der Waals surface area contributed by atoms with Gasteiger partial charge in [-0.1, -0.05) is 45.0 Å². The first kappa shape index (κ1) is 19.2. The van der Waals surface area contributed by atoms with Gasteiger partial charge in [0.2, 0.25) is 0 Å². The maximum atomic E-state index is 6.52. The molecule has 0 bridgehead atoms. The zero-order valence-electron chi connectivity index (χ0n) is 16.6. The van der Waals surface area contributed by atoms with Crippen LogP contribution in [0, 0.1) is 0 Å². The molecule has 0 unspecified atom stereocenters. The third-order valence-corrected chi connectivity index (χ3v) is 9.31. The molecule has 3 aromatic rings. The molecule has 0 aliphatic rings. The van der Waals surface area contributed by atoms with Gasteiger partial charge in [-0.05, 0) is 42.4 Å². The largest absolute Gasteiger partial charge is 0.542 e. The third kappa shape index (κ3) is 4.57. The Balaban J connectivity index is 1.87. The summed E-state index contributed by atoms with van der Waals surface area (Å²) in [5.41, 5.74) is 1.74. The quantitative estimate of drug-likeness (QED) is 0.387. The Kier molecular flexibility index (Phi) is 5.37. The first-order chi connectivity index (χ1) is 12.8. The van der Waals surface area contributed by atoms with E-state index in [-0.39, 0.29) is 5.04 Å². The minimum absolute atomic E-state index is 0.129. The molecule has 1 aromatic carbocycles. The molecule has 27 heavy (non-hydrogen) atoms. The number of hydrogen-bond donors (Lipinski definition) is 0. The molecule has 0 aliphatic carbocycles. The van der Waals surface area contributed by atoms with Gasteiger partial charge in [0, 0.05) is 11.6 Å². The van der Waals surface area contributed by atoms with E-state index in [1.807, 2.05) is 36.4 Å². The first-order valence-corrected chi connectivity index (χ1v) is 12.0. The van der Waals surface area contributed by atoms with Gasteiger partial charge in [0.15, 0.2) is 5.82 Å². The molecular weight excluding hydrogens is 352 g/mol. The molecule has 0 saturated heterocycles. The highest BCUT2D eigenvalue weighted by Crippen LogP contribution is 2.38. The molecule has 3 rings (SSSR count). The Labute approximate surface area is 161 Å². The molecule has 2 heterocycles. The van der Waals surface area contributed by atoms with E-state index in [2.05, 4.69) is 61.2 Å². The van der Waals surface area contributed by atoms with E-state index in [1.54, 1.807) is 6.20 Å². The second-order valence-corrected chi connectivity index (χ2v) is 12.8. The number of azo groups is 1. The van der Waals surface area contributed by atoms with Crippen LogP contribution in [0.25, 0.3) is 10.9 Å². The van der Waals surface area contributed by atoms with E-state index in [1.165, 1.54) is 0 Å². The van der Waals surface area contributed by atoms with Crippen LogP contribution in [0.1, 0.15) is 26.5 Å². The second-order valence-electron chi connectivity index (χ2n) is 8.08. The van der Waals surface area contributed by atoms with E-state index in [0.717, 1.165) is 22.3 Å². The minimum atomic E-state index is -1.94. The average Bonchev–Trinajstić information content (AvgIpc) is 2.62. The maximum Gasteiger partial charge on any atom is 0.250 e. The smallest absolute Gasteiger partial charge is 0.250 e. The first-order valence-electron chi connectivity index (χ1n) is 9.12. The molecule has 6 heteroatoms. The third-order valence-electron chi connectivity index (χ3n) is 4.97. The Hall–Kier alpha value is -2.60. The van der Waals surface area contributed by atoms with E-state index >= 15 is 0 Å². The summed E-state index contributed by atoms with van der Waals surface area (Å²) in [6.45, 7) is 11.6. The van der Waals surface area contributed by atoms with Crippen molar-refractivity contribution in [2.24, 2.45) is 10.2 Å². The van der Waals surface area contributed by atoms with Crippen molar-refractivity contribution < 1.29 is 4.43 Å². The zero-order valence-corrected chi connectivity index (χ0v) is 17.6. The van der Waals surface area contributed by atoms with Gasteiger partial charge in [-0.25, -0.2) is 9.97 Å². The lowest BCUT2D eigenvalue weighted by atomic mass is 10.2. The summed E-state index contributed by atoms with van der Waals surface area (Å²) in [6, 6.07) is 15.7. The van der Waals surface area contributed by atoms with Crippen LogP contribution in [0.15, 0.2) is 65.0 Å². The summed E-state index contributed by atoms with van der Waals surface area (Å²) in [5.74, 6) is 1.45. The van der Waals surface area contributed by atoms with E-state index < -0.39 is 8.32 Å². The van der Waals surface area contributed by atoms with Crippen LogP contribution in [0.2, 0.25) is 18.1 Å². The highest BCUT2D eigenvalue weighted by atomic mass is 28.4. The Morgan fingerprint density at radius 2 is 1.81 bits per heavy atom. The summed E-state index contributed by atoms with van der Waals surface area (Å²) in [4.78, 5) is 8.94. The monoisotopic (exact) mass is 378 g/mol. The summed E-state index contributed by atoms with van der Waals surface area (Å²) in [5, 5.41) is 9.57. The number of aromatic nitrogens is 2. The normalized spacial score (nSPS) is 12.6. The van der Waals surface area contributed by atoms with Gasteiger partial charge < -0.3 is 4.43 Å². The van der Waals surface area contributed by atoms with Crippen LogP contribution in [-0.4, -0.2) is 18.3 Å². The molecule has 0 spiro atoms. The average molecular weight is 379 g/mol. The Morgan fingerprint density at radius 3 is 2.52 bits per heavy atom. The molecule has 0 N–H and O–H groups in total. The number of para-hydroxylation sites is 1. The molecule has 0 saturated carbocycles. The molecule has 0 fully saturated rings. The highest BCUT2D eigenvalue weighted by molar-refractivity contribution is 6.74. The maximum absolute atomic E-state index is 6.52. The lowest BCUT2D eigenvalue weighted by molar-refractivity contribution is 0.495. The minimum Gasteiger partial charge on any atom is -0.542 e. The van der Waals surface area contributed by atoms with Crippen molar-refractivity contribution in [2.45, 2.75) is 45.4 Å². The summed E-state index contributed by atoms with van der Waals surface area (Å²) in [7, 11) is -1.94. The van der Waals surface area contributed by atoms with Crippen molar-refractivity contribution in [1.29, 1.82) is 0 Å². The van der Waals surface area contributed by atoms with Gasteiger partial charge in [-0.2, -0.15) is 5.11 Å². The lowest BCUT2D eigenvalue weighted by Gasteiger charge is -2.36. The van der Waals surface area contributed by atoms with Crippen molar-refractivity contribution in [1.82, 2.24) is 9.97 Å². The van der Waals surface area contributed by atoms with E-state index in [9.17, 15) is 0 Å². The fraction of sp³-hybridized carbons (Fsp3) is 0.333. The number of benzene rings is 1. The van der Waals surface area contributed by atoms with Crippen molar-refractivity contribution in [3.63, 3.8) is 0 Å². The van der Waals surface area contributed by atoms with Crippen LogP contribution >= 0.6 is 0 Å². The lowest BCUT2D eigenvalue weighted by Crippen LogP contribution is -2.43. The van der Waals surface area contributed by atoms with Gasteiger partial charge in [-0.15, -0.1) is 5.11 Å². The van der Waals surface area contributed by atoms with Crippen molar-refractivity contribution in [2.75, 3.05) is 0 Å². The SMILES string of the molecule is CC(C)(C)[Si](C)(C)Oc1cccc2ccc(CN=Nc3ccccn3)nc12. The zero-order chi connectivity index (χ0) is 19.5. The number of pyridine rings is 2. The van der Waals surface area contributed by atoms with Crippen LogP contribution < -0.4 is 4.43 Å². The number of hydrogen-bond acceptors (Lipinski definition) is 5. The van der Waals surface area contributed by atoms with E-state index in [4.69, 9.17) is 9.41 Å². The standard InChI is InChI=1S/C21H26N4OSi/c1-21(2,3)27(4,5)26-18-10-8-9-16-12-13-17(24-20(16)18)15-23-25-19-11-6-7-14-22-19/h6-14H,15H2,1-5H3. The number of nitrogens with zero attached hydrogens (tertiary/aromatic N) is 4. The van der Waals surface area contributed by atoms with Crippen molar-refractivity contribution in [3.05, 3.63) is 60.4 Å². The fourth-order valence-electron chi connectivity index (χ4n) is 2.35. The number of rotatable bonds is 5. The van der Waals surface area contributed by atoms with Gasteiger partial charge in [0.1, 0.15) is 17.8 Å². The summed E-state index contributed by atoms with van der Waals surface area (Å²) < 4.78 is 6.52. The molecule has 0 atom stereocenters. The van der Waals surface area contributed by atoms with Crippen LogP contribution in [0.4, 0.5) is 5.82 Å². The van der Waals surface area contributed by atoms with E-state index in [0.29, 0.717) is 12.4 Å². The van der Waals surface area contributed by atoms with Gasteiger partial charge in [0.25, 0.3) is 8.32 Å². The summed E-state index contributed by atoms with van der Waals surface area (Å²) in [6.07, 6.45) is 1.70. The summed E-state index contributed by atoms with van der Waals surface area (Å²) >= 11 is 0. The molecule has 2 aromatic heterocycles. The van der Waals surface area contributed by atoms with Crippen molar-refractivity contribution >= 4 is 25.0 Å². The molecule has 0 amide bonds. The molecule has 0 radical (unpaired) electrons. The van der Waals surface area contributed by atoms with Gasteiger partial charge in [-0.3, -0.25) is 0 Å². The molecule has 140 valence electrons. The molecule has 5 nitrogen and oxygen atoms in total. The number of fused-ring (bicyclic) bond motifs is 1. The molecular formula is C21H26N4OSi. The van der Waals surface area contributed by atoms with Crippen LogP contribution in [0.3, 0.4) is 0 Å². The van der Waals surface area contributed by atoms with Crippen molar-refractivity contribution in [3.8, 4) is 5.75 Å². The Morgan fingerprint density at radius 1 is 1.00 bits per heavy atom. The van der Waals surface area contributed by atoms with Crippen LogP contribution in [-0.2, 0) is 6.54 Å². The highest BCUT2D eigenvalue weighted by Gasteiger charge is 2.39. The second kappa shape index (κ2) is 7.56. The topological polar surface area (TPSA) is 59.7 Å². The Bertz CT molecular complexity index is 949. The predicted octanol–water partition coefficient (Wildman–Crippen LogP) is 6.30. The van der Waals surface area contributed by atoms with Gasteiger partial charge >= 0.3 is 0 Å².